The van der Waals surface area contributed by atoms with E-state index in [1.165, 1.54) is 0 Å². The van der Waals surface area contributed by atoms with Crippen LogP contribution in [-0.2, 0) is 6.54 Å². The van der Waals surface area contributed by atoms with Gasteiger partial charge in [-0.25, -0.2) is 4.98 Å². The lowest BCUT2D eigenvalue weighted by molar-refractivity contribution is 0.212. The highest BCUT2D eigenvalue weighted by atomic mass is 15.2. The summed E-state index contributed by atoms with van der Waals surface area (Å²) in [5, 5.41) is 3.24. The first kappa shape index (κ1) is 13.8. The van der Waals surface area contributed by atoms with Crippen molar-refractivity contribution >= 4 is 5.95 Å². The molecule has 96 valence electrons. The summed E-state index contributed by atoms with van der Waals surface area (Å²) in [7, 11) is 4.21. The van der Waals surface area contributed by atoms with Crippen LogP contribution in [-0.4, -0.2) is 41.6 Å². The number of hydrogen-bond donors (Lipinski definition) is 1. The normalized spacial score (nSPS) is 11.8. The van der Waals surface area contributed by atoms with Crippen molar-refractivity contribution in [3.8, 4) is 0 Å². The van der Waals surface area contributed by atoms with Crippen molar-refractivity contribution < 1.29 is 0 Å². The smallest absolute Gasteiger partial charge is 0.203 e. The van der Waals surface area contributed by atoms with Crippen molar-refractivity contribution in [2.45, 2.75) is 20.4 Å². The largest absolute Gasteiger partial charge is 0.352 e. The lowest BCUT2D eigenvalue weighted by atomic mass is 9.93. The molecule has 0 unspecified atom stereocenters. The maximum atomic E-state index is 4.31. The number of nitrogens with one attached hydrogen (secondary N) is 1. The molecule has 0 saturated carbocycles. The fourth-order valence-corrected chi connectivity index (χ4v) is 2.13. The van der Waals surface area contributed by atoms with Crippen LogP contribution >= 0.6 is 0 Å². The van der Waals surface area contributed by atoms with Crippen LogP contribution in [0.1, 0.15) is 13.8 Å². The predicted molar refractivity (Wildman–Crippen MR) is 73.2 cm³/mol. The molecule has 4 nitrogen and oxygen atoms in total. The van der Waals surface area contributed by atoms with Gasteiger partial charge in [-0.15, -0.1) is 6.58 Å². The van der Waals surface area contributed by atoms with E-state index in [2.05, 4.69) is 54.3 Å². The maximum absolute atomic E-state index is 4.31. The second-order valence-electron chi connectivity index (χ2n) is 5.45. The number of imidazole rings is 1. The van der Waals surface area contributed by atoms with E-state index < -0.39 is 0 Å². The molecule has 1 rings (SSSR count). The Balaban J connectivity index is 2.66. The Hall–Kier alpha value is -1.29. The van der Waals surface area contributed by atoms with Gasteiger partial charge in [-0.1, -0.05) is 19.9 Å². The van der Waals surface area contributed by atoms with Crippen LogP contribution in [0.25, 0.3) is 0 Å². The summed E-state index contributed by atoms with van der Waals surface area (Å²) in [6.45, 7) is 11.0. The predicted octanol–water partition coefficient (Wildman–Crippen LogP) is 2.07. The van der Waals surface area contributed by atoms with E-state index in [1.807, 2.05) is 18.5 Å². The highest BCUT2D eigenvalue weighted by Gasteiger charge is 2.20. The molecular formula is C13H24N4. The van der Waals surface area contributed by atoms with Crippen LogP contribution in [0.5, 0.6) is 0 Å². The molecule has 1 heterocycles. The molecule has 0 aromatic carbocycles. The van der Waals surface area contributed by atoms with E-state index in [1.54, 1.807) is 0 Å². The highest BCUT2D eigenvalue weighted by molar-refractivity contribution is 5.26. The van der Waals surface area contributed by atoms with Crippen molar-refractivity contribution in [3.05, 3.63) is 25.0 Å². The summed E-state index contributed by atoms with van der Waals surface area (Å²) in [5.74, 6) is 0.914. The van der Waals surface area contributed by atoms with Crippen LogP contribution in [0.3, 0.4) is 0 Å². The molecule has 17 heavy (non-hydrogen) atoms. The van der Waals surface area contributed by atoms with Crippen molar-refractivity contribution in [3.63, 3.8) is 0 Å². The van der Waals surface area contributed by atoms with Gasteiger partial charge in [0.05, 0.1) is 0 Å². The molecule has 1 aromatic rings. The van der Waals surface area contributed by atoms with E-state index >= 15 is 0 Å². The summed E-state index contributed by atoms with van der Waals surface area (Å²) in [4.78, 5) is 6.52. The van der Waals surface area contributed by atoms with Crippen LogP contribution in [0.15, 0.2) is 25.0 Å². The van der Waals surface area contributed by atoms with Crippen molar-refractivity contribution in [2.24, 2.45) is 5.41 Å². The van der Waals surface area contributed by atoms with E-state index in [0.717, 1.165) is 25.6 Å². The second kappa shape index (κ2) is 5.87. The monoisotopic (exact) mass is 236 g/mol. The molecule has 0 atom stereocenters. The third-order valence-electron chi connectivity index (χ3n) is 2.46. The van der Waals surface area contributed by atoms with E-state index in [4.69, 9.17) is 0 Å². The van der Waals surface area contributed by atoms with Gasteiger partial charge in [0, 0.05) is 32.0 Å². The average Bonchev–Trinajstić information content (AvgIpc) is 2.59. The molecule has 4 heteroatoms. The fraction of sp³-hybridized carbons (Fsp3) is 0.615. The first-order valence-electron chi connectivity index (χ1n) is 5.95. The van der Waals surface area contributed by atoms with Crippen LogP contribution in [0.4, 0.5) is 5.95 Å². The Morgan fingerprint density at radius 1 is 1.53 bits per heavy atom. The third-order valence-corrected chi connectivity index (χ3v) is 2.46. The Morgan fingerprint density at radius 2 is 2.24 bits per heavy atom. The van der Waals surface area contributed by atoms with Gasteiger partial charge in [-0.3, -0.25) is 0 Å². The van der Waals surface area contributed by atoms with Crippen LogP contribution in [0, 0.1) is 5.41 Å². The maximum Gasteiger partial charge on any atom is 0.203 e. The zero-order valence-electron chi connectivity index (χ0n) is 11.4. The minimum absolute atomic E-state index is 0.217. The molecule has 0 amide bonds. The van der Waals surface area contributed by atoms with Crippen molar-refractivity contribution in [1.29, 1.82) is 0 Å². The molecule has 0 saturated heterocycles. The lowest BCUT2D eigenvalue weighted by Crippen LogP contribution is -2.32. The van der Waals surface area contributed by atoms with Crippen LogP contribution < -0.4 is 5.32 Å². The highest BCUT2D eigenvalue weighted by Crippen LogP contribution is 2.21. The number of nitrogens with zero attached hydrogens (tertiary/aromatic N) is 3. The molecule has 0 radical (unpaired) electrons. The SMILES string of the molecule is C=CCNc1nccn1CC(C)(C)CN(C)C. The van der Waals surface area contributed by atoms with E-state index in [-0.39, 0.29) is 5.41 Å². The number of aromatic nitrogens is 2. The summed E-state index contributed by atoms with van der Waals surface area (Å²) in [5.41, 5.74) is 0.217. The molecule has 0 aliphatic heterocycles. The van der Waals surface area contributed by atoms with Gasteiger partial charge < -0.3 is 14.8 Å². The molecule has 1 N–H and O–H groups in total. The van der Waals surface area contributed by atoms with E-state index in [9.17, 15) is 0 Å². The second-order valence-corrected chi connectivity index (χ2v) is 5.45. The minimum atomic E-state index is 0.217. The van der Waals surface area contributed by atoms with Gasteiger partial charge >= 0.3 is 0 Å². The Morgan fingerprint density at radius 3 is 2.82 bits per heavy atom. The quantitative estimate of drug-likeness (QED) is 0.736. The van der Waals surface area contributed by atoms with Crippen LogP contribution in [0.2, 0.25) is 0 Å². The van der Waals surface area contributed by atoms with Gasteiger partial charge in [0.2, 0.25) is 5.95 Å². The zero-order valence-corrected chi connectivity index (χ0v) is 11.4. The van der Waals surface area contributed by atoms with E-state index in [0.29, 0.717) is 0 Å². The molecule has 0 spiro atoms. The number of hydrogen-bond acceptors (Lipinski definition) is 3. The van der Waals surface area contributed by atoms with Gasteiger partial charge in [-0.05, 0) is 19.5 Å². The topological polar surface area (TPSA) is 33.1 Å². The first-order valence-corrected chi connectivity index (χ1v) is 5.95. The number of anilines is 1. The van der Waals surface area contributed by atoms with Gasteiger partial charge in [-0.2, -0.15) is 0 Å². The zero-order chi connectivity index (χ0) is 12.9. The lowest BCUT2D eigenvalue weighted by Gasteiger charge is -2.29. The average molecular weight is 236 g/mol. The number of rotatable bonds is 7. The first-order chi connectivity index (χ1) is 7.94. The van der Waals surface area contributed by atoms with Crippen molar-refractivity contribution in [1.82, 2.24) is 14.5 Å². The minimum Gasteiger partial charge on any atom is -0.352 e. The Labute approximate surface area is 104 Å². The Kier molecular flexibility index (Phi) is 4.75. The molecule has 0 fully saturated rings. The molecule has 0 bridgehead atoms. The van der Waals surface area contributed by atoms with Gasteiger partial charge in [0.1, 0.15) is 0 Å². The van der Waals surface area contributed by atoms with Crippen molar-refractivity contribution in [2.75, 3.05) is 32.5 Å². The summed E-state index contributed by atoms with van der Waals surface area (Å²) in [6.07, 6.45) is 5.68. The molecule has 1 aromatic heterocycles. The molecular weight excluding hydrogens is 212 g/mol. The summed E-state index contributed by atoms with van der Waals surface area (Å²) < 4.78 is 2.16. The summed E-state index contributed by atoms with van der Waals surface area (Å²) >= 11 is 0. The Bertz CT molecular complexity index is 352. The molecule has 0 aliphatic rings. The van der Waals surface area contributed by atoms with Gasteiger partial charge in [0.25, 0.3) is 0 Å². The fourth-order valence-electron chi connectivity index (χ4n) is 2.13. The third kappa shape index (κ3) is 4.61. The standard InChI is InChI=1S/C13H24N4/c1-6-7-14-12-15-8-9-17(12)11-13(2,3)10-16(4)5/h6,8-9H,1,7,10-11H2,2-5H3,(H,14,15). The summed E-state index contributed by atoms with van der Waals surface area (Å²) in [6, 6.07) is 0. The molecule has 0 aliphatic carbocycles. The van der Waals surface area contributed by atoms with Gasteiger partial charge in [0.15, 0.2) is 0 Å².